The summed E-state index contributed by atoms with van der Waals surface area (Å²) in [4.78, 5) is 0.0633. The zero-order chi connectivity index (χ0) is 20.5. The molecule has 1 heterocycles. The van der Waals surface area contributed by atoms with Gasteiger partial charge in [0.05, 0.1) is 10.5 Å². The second-order valence-corrected chi connectivity index (χ2v) is 8.43. The van der Waals surface area contributed by atoms with Crippen molar-refractivity contribution in [3.05, 3.63) is 65.0 Å². The normalized spacial score (nSPS) is 16.2. The van der Waals surface area contributed by atoms with Gasteiger partial charge in [0.25, 0.3) is 0 Å². The summed E-state index contributed by atoms with van der Waals surface area (Å²) in [6.45, 7) is 2.55. The Morgan fingerprint density at radius 2 is 1.75 bits per heavy atom. The molecule has 28 heavy (non-hydrogen) atoms. The Balaban J connectivity index is 1.49. The summed E-state index contributed by atoms with van der Waals surface area (Å²) in [5.41, 5.74) is 0.122. The number of nitrogens with zero attached hydrogens (tertiary/aromatic N) is 1. The lowest BCUT2D eigenvalue weighted by Crippen LogP contribution is -2.47. The second-order valence-electron chi connectivity index (χ2n) is 6.90. The van der Waals surface area contributed by atoms with Crippen LogP contribution in [-0.2, 0) is 27.0 Å². The summed E-state index contributed by atoms with van der Waals surface area (Å²) < 4.78 is 81.0. The molecule has 0 spiro atoms. The molecule has 0 N–H and O–H groups in total. The monoisotopic (exact) mass is 417 g/mol. The molecule has 2 aromatic carbocycles. The van der Waals surface area contributed by atoms with Gasteiger partial charge in [-0.05, 0) is 55.5 Å². The van der Waals surface area contributed by atoms with E-state index in [-0.39, 0.29) is 22.8 Å². The zero-order valence-corrected chi connectivity index (χ0v) is 15.9. The van der Waals surface area contributed by atoms with E-state index in [0.29, 0.717) is 25.6 Å². The Labute approximate surface area is 160 Å². The highest BCUT2D eigenvalue weighted by molar-refractivity contribution is 7.86. The fourth-order valence-electron chi connectivity index (χ4n) is 2.94. The van der Waals surface area contributed by atoms with E-state index in [9.17, 15) is 26.0 Å². The number of halogens is 4. The Morgan fingerprint density at radius 3 is 2.32 bits per heavy atom. The third-order valence-electron chi connectivity index (χ3n) is 4.64. The molecule has 0 radical (unpaired) electrons. The van der Waals surface area contributed by atoms with Gasteiger partial charge in [0.1, 0.15) is 5.82 Å². The lowest BCUT2D eigenvalue weighted by molar-refractivity contribution is -0.138. The lowest BCUT2D eigenvalue weighted by atomic mass is 9.94. The van der Waals surface area contributed by atoms with Crippen LogP contribution in [0.25, 0.3) is 0 Å². The Hall–Kier alpha value is -1.97. The van der Waals surface area contributed by atoms with Crippen molar-refractivity contribution in [3.63, 3.8) is 0 Å². The molecule has 1 aliphatic rings. The van der Waals surface area contributed by atoms with Crippen molar-refractivity contribution < 1.29 is 30.3 Å². The first kappa shape index (κ1) is 20.8. The van der Waals surface area contributed by atoms with E-state index in [1.165, 1.54) is 17.2 Å². The predicted molar refractivity (Wildman–Crippen MR) is 94.2 cm³/mol. The third-order valence-corrected chi connectivity index (χ3v) is 5.90. The zero-order valence-electron chi connectivity index (χ0n) is 15.0. The number of alkyl halides is 3. The molecule has 0 unspecified atom stereocenters. The van der Waals surface area contributed by atoms with Gasteiger partial charge in [0, 0.05) is 13.1 Å². The smallest absolute Gasteiger partial charge is 0.207 e. The minimum atomic E-state index is -4.58. The van der Waals surface area contributed by atoms with E-state index in [4.69, 9.17) is 4.28 Å². The van der Waals surface area contributed by atoms with Crippen LogP contribution in [0.4, 0.5) is 17.6 Å². The molecule has 0 bridgehead atoms. The molecule has 3 rings (SSSR count). The topological polar surface area (TPSA) is 46.6 Å². The van der Waals surface area contributed by atoms with Crippen molar-refractivity contribution in [2.45, 2.75) is 30.8 Å². The van der Waals surface area contributed by atoms with Crippen LogP contribution in [0.1, 0.15) is 23.1 Å². The molecular weight excluding hydrogens is 398 g/mol. The Kier molecular flexibility index (Phi) is 5.79. The molecule has 1 aliphatic heterocycles. The summed E-state index contributed by atoms with van der Waals surface area (Å²) in [6, 6.07) is 8.79. The maximum atomic E-state index is 13.9. The van der Waals surface area contributed by atoms with Crippen LogP contribution in [-0.4, -0.2) is 26.6 Å². The minimum Gasteiger partial charge on any atom is -0.207 e. The van der Waals surface area contributed by atoms with Gasteiger partial charge in [-0.25, -0.2) is 4.39 Å². The highest BCUT2D eigenvalue weighted by Gasteiger charge is 2.33. The van der Waals surface area contributed by atoms with Crippen LogP contribution >= 0.6 is 0 Å². The second kappa shape index (κ2) is 7.81. The Morgan fingerprint density at radius 1 is 1.11 bits per heavy atom. The molecule has 9 heteroatoms. The molecule has 0 atom stereocenters. The first-order valence-electron chi connectivity index (χ1n) is 8.66. The van der Waals surface area contributed by atoms with Crippen molar-refractivity contribution in [2.24, 2.45) is 5.92 Å². The molecule has 0 amide bonds. The number of hydroxylamine groups is 2. The summed E-state index contributed by atoms with van der Waals surface area (Å²) in [7, 11) is -3.89. The van der Waals surface area contributed by atoms with Gasteiger partial charge in [0.15, 0.2) is 0 Å². The number of aryl methyl sites for hydroxylation is 2. The van der Waals surface area contributed by atoms with Crippen LogP contribution < -0.4 is 0 Å². The molecule has 2 aromatic rings. The van der Waals surface area contributed by atoms with Crippen molar-refractivity contribution in [1.82, 2.24) is 5.06 Å². The van der Waals surface area contributed by atoms with Gasteiger partial charge in [-0.1, -0.05) is 23.8 Å². The average molecular weight is 417 g/mol. The molecule has 0 saturated carbocycles. The molecular formula is C19H19F4NO3S. The lowest BCUT2D eigenvalue weighted by Gasteiger charge is -2.37. The van der Waals surface area contributed by atoms with Crippen LogP contribution in [0.15, 0.2) is 47.4 Å². The number of benzene rings is 2. The first-order chi connectivity index (χ1) is 13.0. The molecule has 4 nitrogen and oxygen atoms in total. The SMILES string of the molecule is Cc1ccc(S(=O)(=O)ON2CC(CCc3ccc(C(F)(F)F)cc3F)C2)cc1. The van der Waals surface area contributed by atoms with Gasteiger partial charge in [-0.3, -0.25) is 0 Å². The fraction of sp³-hybridized carbons (Fsp3) is 0.368. The van der Waals surface area contributed by atoms with Gasteiger partial charge < -0.3 is 0 Å². The van der Waals surface area contributed by atoms with Crippen molar-refractivity contribution >= 4 is 10.1 Å². The Bertz CT molecular complexity index is 937. The predicted octanol–water partition coefficient (Wildman–Crippen LogP) is 4.34. The van der Waals surface area contributed by atoms with Crippen molar-refractivity contribution in [3.8, 4) is 0 Å². The number of hydrogen-bond donors (Lipinski definition) is 0. The standard InChI is InChI=1S/C19H19F4NO3S/c1-13-2-8-17(9-3-13)28(25,26)27-24-11-14(12-24)4-5-15-6-7-16(10-18(15)20)19(21,22)23/h2-3,6-10,14H,4-5,11-12H2,1H3. The maximum absolute atomic E-state index is 13.9. The highest BCUT2D eigenvalue weighted by atomic mass is 32.2. The van der Waals surface area contributed by atoms with Crippen molar-refractivity contribution in [1.29, 1.82) is 0 Å². The van der Waals surface area contributed by atoms with Crippen LogP contribution in [0.2, 0.25) is 0 Å². The molecule has 0 aromatic heterocycles. The maximum Gasteiger partial charge on any atom is 0.416 e. The number of rotatable bonds is 6. The average Bonchev–Trinajstić information content (AvgIpc) is 2.57. The van der Waals surface area contributed by atoms with E-state index < -0.39 is 27.7 Å². The quantitative estimate of drug-likeness (QED) is 0.656. The van der Waals surface area contributed by atoms with Gasteiger partial charge in [0.2, 0.25) is 0 Å². The van der Waals surface area contributed by atoms with Gasteiger partial charge in [-0.15, -0.1) is 0 Å². The van der Waals surface area contributed by atoms with Crippen LogP contribution in [0, 0.1) is 18.7 Å². The minimum absolute atomic E-state index is 0.0633. The van der Waals surface area contributed by atoms with E-state index in [1.54, 1.807) is 12.1 Å². The van der Waals surface area contributed by atoms with E-state index in [2.05, 4.69) is 0 Å². The third kappa shape index (κ3) is 4.89. The largest absolute Gasteiger partial charge is 0.416 e. The molecule has 0 aliphatic carbocycles. The van der Waals surface area contributed by atoms with E-state index >= 15 is 0 Å². The van der Waals surface area contributed by atoms with Gasteiger partial charge >= 0.3 is 16.3 Å². The summed E-state index contributed by atoms with van der Waals surface area (Å²) in [5.74, 6) is -0.806. The van der Waals surface area contributed by atoms with Gasteiger partial charge in [-0.2, -0.15) is 30.9 Å². The molecule has 1 saturated heterocycles. The first-order valence-corrected chi connectivity index (χ1v) is 10.1. The molecule has 152 valence electrons. The molecule has 1 fully saturated rings. The summed E-state index contributed by atoms with van der Waals surface area (Å²) in [5, 5.41) is 1.31. The van der Waals surface area contributed by atoms with Crippen LogP contribution in [0.3, 0.4) is 0 Å². The van der Waals surface area contributed by atoms with E-state index in [1.807, 2.05) is 6.92 Å². The van der Waals surface area contributed by atoms with E-state index in [0.717, 1.165) is 17.7 Å². The van der Waals surface area contributed by atoms with Crippen LogP contribution in [0.5, 0.6) is 0 Å². The highest BCUT2D eigenvalue weighted by Crippen LogP contribution is 2.31. The van der Waals surface area contributed by atoms with Crippen molar-refractivity contribution in [2.75, 3.05) is 13.1 Å². The number of hydrogen-bond acceptors (Lipinski definition) is 4. The summed E-state index contributed by atoms with van der Waals surface area (Å²) >= 11 is 0. The fourth-order valence-corrected chi connectivity index (χ4v) is 3.89. The summed E-state index contributed by atoms with van der Waals surface area (Å²) in [6.07, 6.45) is -3.78.